The van der Waals surface area contributed by atoms with Gasteiger partial charge in [-0.2, -0.15) is 13.0 Å². The van der Waals surface area contributed by atoms with Crippen molar-refractivity contribution >= 4 is 44.2 Å². The Morgan fingerprint density at radius 3 is 1.43 bits per heavy atom. The number of rotatable bonds is 14. The SMILES string of the molecule is CC(C)(C)OC(=O)NCC(=CF)CO.COC(=O)C1[C@H]2CN(S(=O)(=O)c3ccc(F)nc3)C[C@@H]12.COC(=O)C1[C@H]2CN(S(=O)(=O)c3ccc(OCC(=CF)CNC(=O)OC(C)(C)C)nc3)C[C@@H]12. The number of halogens is 3. The molecule has 25 heteroatoms. The Labute approximate surface area is 387 Å². The smallest absolute Gasteiger partial charge is 0.407 e. The van der Waals surface area contributed by atoms with Crippen LogP contribution in [0, 0.1) is 41.5 Å². The van der Waals surface area contributed by atoms with Crippen molar-refractivity contribution in [2.75, 3.05) is 66.7 Å². The van der Waals surface area contributed by atoms with Crippen molar-refractivity contribution in [2.45, 2.75) is 62.5 Å². The lowest BCUT2D eigenvalue weighted by molar-refractivity contribution is -0.144. The van der Waals surface area contributed by atoms with Crippen LogP contribution in [0.15, 0.2) is 70.3 Å². The van der Waals surface area contributed by atoms with Crippen LogP contribution in [0.3, 0.4) is 0 Å². The third kappa shape index (κ3) is 15.1. The van der Waals surface area contributed by atoms with E-state index in [0.29, 0.717) is 19.4 Å². The van der Waals surface area contributed by atoms with Gasteiger partial charge in [0.15, 0.2) is 0 Å². The molecule has 6 rings (SSSR count). The average molecular weight is 991 g/mol. The lowest BCUT2D eigenvalue weighted by Gasteiger charge is -2.20. The Kier molecular flexibility index (Phi) is 18.3. The van der Waals surface area contributed by atoms with E-state index in [1.165, 1.54) is 47.2 Å². The maximum absolute atomic E-state index is 13.1. The molecule has 2 aromatic heterocycles. The van der Waals surface area contributed by atoms with Crippen molar-refractivity contribution in [3.05, 3.63) is 66.4 Å². The van der Waals surface area contributed by atoms with Crippen LogP contribution >= 0.6 is 0 Å². The standard InChI is InChI=1S/C21H28FN3O7S.C12H13FN2O4S.C9H16FNO3/c1-21(2,3)32-20(27)24-8-13(7-22)12-31-17-6-5-14(9-23-17)33(28,29)25-10-15-16(11-25)18(15)19(26)30-4;1-19-12(16)11-8-5-15(6-9(8)11)20(17,18)7-2-3-10(13)14-4-7;1-9(2,3)14-8(13)11-5-7(4-10)6-12/h5-7,9,15-16,18H,8,10-12H2,1-4H3,(H,24,27);2-4,8-9,11H,5-6H2,1H3;4,12H,5-6H2,1-3H3,(H,11,13)/t15-,16+,18?;8-,9+,11?;. The average Bonchev–Trinajstić information content (AvgIpc) is 3.98. The number of pyridine rings is 2. The third-order valence-electron chi connectivity index (χ3n) is 10.6. The second-order valence-corrected chi connectivity index (χ2v) is 21.6. The number of aliphatic hydroxyl groups excluding tert-OH is 1. The highest BCUT2D eigenvalue weighted by Gasteiger charge is 2.63. The topological polar surface area (TPSA) is 259 Å². The zero-order valence-electron chi connectivity index (χ0n) is 38.2. The van der Waals surface area contributed by atoms with Crippen LogP contribution in [0.2, 0.25) is 0 Å². The van der Waals surface area contributed by atoms with Gasteiger partial charge in [0.05, 0.1) is 57.7 Å². The van der Waals surface area contributed by atoms with E-state index in [9.17, 15) is 49.2 Å². The summed E-state index contributed by atoms with van der Waals surface area (Å²) in [6.07, 6.45) is 1.43. The Hall–Kier alpha value is -5.37. The number of piperidine rings is 2. The van der Waals surface area contributed by atoms with Crippen LogP contribution in [0.4, 0.5) is 22.8 Å². The van der Waals surface area contributed by atoms with Crippen LogP contribution in [0.25, 0.3) is 0 Å². The van der Waals surface area contributed by atoms with Gasteiger partial charge in [-0.25, -0.2) is 45.2 Å². The number of hydrogen-bond acceptors (Lipinski definition) is 16. The summed E-state index contributed by atoms with van der Waals surface area (Å²) in [7, 11) is -4.76. The van der Waals surface area contributed by atoms with Gasteiger partial charge >= 0.3 is 24.1 Å². The number of aliphatic hydroxyl groups is 1. The molecule has 0 radical (unpaired) electrons. The van der Waals surface area contributed by atoms with E-state index in [4.69, 9.17) is 24.1 Å². The van der Waals surface area contributed by atoms with Crippen LogP contribution in [-0.4, -0.2) is 143 Å². The van der Waals surface area contributed by atoms with Gasteiger partial charge < -0.3 is 39.4 Å². The molecule has 6 atom stereocenters. The van der Waals surface area contributed by atoms with E-state index in [2.05, 4.69) is 25.3 Å². The molecule has 20 nitrogen and oxygen atoms in total. The molecular formula is C42H57F3N6O14S2. The molecule has 2 saturated carbocycles. The number of hydrogen-bond donors (Lipinski definition) is 3. The molecule has 0 spiro atoms. The summed E-state index contributed by atoms with van der Waals surface area (Å²) >= 11 is 0. The lowest BCUT2D eigenvalue weighted by Crippen LogP contribution is -2.34. The highest BCUT2D eigenvalue weighted by molar-refractivity contribution is 7.89. The number of methoxy groups -OCH3 is 2. The van der Waals surface area contributed by atoms with Crippen molar-refractivity contribution in [3.63, 3.8) is 0 Å². The van der Waals surface area contributed by atoms with Crippen LogP contribution in [-0.2, 0) is 48.6 Å². The molecule has 4 fully saturated rings. The Balaban J connectivity index is 0.000000244. The molecule has 2 saturated heterocycles. The van der Waals surface area contributed by atoms with Crippen LogP contribution in [0.1, 0.15) is 41.5 Å². The summed E-state index contributed by atoms with van der Waals surface area (Å²) in [4.78, 5) is 53.1. The molecule has 4 aliphatic rings. The monoisotopic (exact) mass is 990 g/mol. The molecule has 2 unspecified atom stereocenters. The predicted molar refractivity (Wildman–Crippen MR) is 230 cm³/mol. The van der Waals surface area contributed by atoms with E-state index in [0.717, 1.165) is 12.3 Å². The van der Waals surface area contributed by atoms with Gasteiger partial charge in [-0.05, 0) is 83.4 Å². The molecular weight excluding hydrogens is 934 g/mol. The molecule has 0 bridgehead atoms. The molecule has 2 aliphatic heterocycles. The number of carbonyl (C=O) groups excluding carboxylic acids is 4. The lowest BCUT2D eigenvalue weighted by atomic mass is 10.2. The summed E-state index contributed by atoms with van der Waals surface area (Å²) in [6, 6.07) is 4.94. The van der Waals surface area contributed by atoms with Crippen molar-refractivity contribution in [3.8, 4) is 5.88 Å². The first kappa shape index (κ1) is 54.2. The zero-order chi connectivity index (χ0) is 50.1. The molecule has 372 valence electrons. The van der Waals surface area contributed by atoms with E-state index in [1.54, 1.807) is 41.5 Å². The molecule has 0 aromatic carbocycles. The van der Waals surface area contributed by atoms with Crippen molar-refractivity contribution in [2.24, 2.45) is 35.5 Å². The second-order valence-electron chi connectivity index (χ2n) is 17.7. The number of aromatic nitrogens is 2. The molecule has 67 heavy (non-hydrogen) atoms. The van der Waals surface area contributed by atoms with E-state index in [1.807, 2.05) is 0 Å². The number of carbonyl (C=O) groups is 4. The number of sulfonamides is 2. The van der Waals surface area contributed by atoms with E-state index >= 15 is 0 Å². The first-order valence-corrected chi connectivity index (χ1v) is 23.6. The Morgan fingerprint density at radius 1 is 0.701 bits per heavy atom. The fraction of sp³-hybridized carbons (Fsp3) is 0.571. The van der Waals surface area contributed by atoms with Crippen molar-refractivity contribution < 1.29 is 78.0 Å². The largest absolute Gasteiger partial charge is 0.473 e. The van der Waals surface area contributed by atoms with Gasteiger partial charge in [0.2, 0.25) is 31.9 Å². The summed E-state index contributed by atoms with van der Waals surface area (Å²) < 4.78 is 115. The number of alkyl carbamates (subject to hydrolysis) is 2. The van der Waals surface area contributed by atoms with Gasteiger partial charge in [-0.3, -0.25) is 9.59 Å². The molecule has 2 aromatic rings. The minimum absolute atomic E-state index is 0.00128. The quantitative estimate of drug-likeness (QED) is 0.139. The highest BCUT2D eigenvalue weighted by Crippen LogP contribution is 2.54. The van der Waals surface area contributed by atoms with E-state index < -0.39 is 56.0 Å². The maximum Gasteiger partial charge on any atom is 0.407 e. The normalized spacial score (nSPS) is 22.6. The summed E-state index contributed by atoms with van der Waals surface area (Å²) in [5, 5.41) is 13.3. The number of ether oxygens (including phenoxy) is 5. The molecule has 4 heterocycles. The number of nitrogens with zero attached hydrogens (tertiary/aromatic N) is 4. The van der Waals surface area contributed by atoms with Crippen molar-refractivity contribution in [1.82, 2.24) is 29.2 Å². The second kappa shape index (κ2) is 22.6. The van der Waals surface area contributed by atoms with Crippen LogP contribution < -0.4 is 15.4 Å². The fourth-order valence-corrected chi connectivity index (χ4v) is 10.1. The maximum atomic E-state index is 13.1. The Bertz CT molecular complexity index is 2340. The molecule has 2 amide bonds. The third-order valence-corrected chi connectivity index (χ3v) is 14.2. The predicted octanol–water partition coefficient (Wildman–Crippen LogP) is 3.50. The zero-order valence-corrected chi connectivity index (χ0v) is 39.9. The van der Waals surface area contributed by atoms with Gasteiger partial charge in [0.1, 0.15) is 27.6 Å². The number of fused-ring (bicyclic) bond motifs is 2. The number of esters is 2. The first-order chi connectivity index (χ1) is 31.3. The minimum atomic E-state index is -3.75. The van der Waals surface area contributed by atoms with Gasteiger partial charge in [-0.15, -0.1) is 0 Å². The number of nitrogens with one attached hydrogen (secondary N) is 2. The minimum Gasteiger partial charge on any atom is -0.473 e. The fourth-order valence-electron chi connectivity index (χ4n) is 7.17. The van der Waals surface area contributed by atoms with Crippen LogP contribution in [0.5, 0.6) is 5.88 Å². The van der Waals surface area contributed by atoms with Crippen molar-refractivity contribution in [1.29, 1.82) is 0 Å². The van der Waals surface area contributed by atoms with Gasteiger partial charge in [0.25, 0.3) is 0 Å². The van der Waals surface area contributed by atoms with Gasteiger partial charge in [0, 0.05) is 56.5 Å². The highest BCUT2D eigenvalue weighted by atomic mass is 32.2. The first-order valence-electron chi connectivity index (χ1n) is 20.8. The van der Waals surface area contributed by atoms with E-state index in [-0.39, 0.29) is 113 Å². The summed E-state index contributed by atoms with van der Waals surface area (Å²) in [5.41, 5.74) is -1.03. The molecule has 2 aliphatic carbocycles. The van der Waals surface area contributed by atoms with Gasteiger partial charge in [-0.1, -0.05) is 0 Å². The number of amides is 2. The molecule has 3 N–H and O–H groups in total. The Morgan fingerprint density at radius 2 is 1.10 bits per heavy atom. The summed E-state index contributed by atoms with van der Waals surface area (Å²) in [5.74, 6) is -1.56. The summed E-state index contributed by atoms with van der Waals surface area (Å²) in [6.45, 7) is 10.6.